The number of amides is 1. The number of hydrogen-bond donors (Lipinski definition) is 2. The van der Waals surface area contributed by atoms with Gasteiger partial charge in [0.1, 0.15) is 5.75 Å². The Balaban J connectivity index is 2.37. The van der Waals surface area contributed by atoms with Crippen LogP contribution in [0, 0.1) is 5.92 Å². The van der Waals surface area contributed by atoms with Gasteiger partial charge in [-0.25, -0.2) is 0 Å². The van der Waals surface area contributed by atoms with E-state index in [0.29, 0.717) is 12.5 Å². The molecule has 0 bridgehead atoms. The molecule has 106 valence electrons. The molecule has 1 rings (SSSR count). The van der Waals surface area contributed by atoms with E-state index < -0.39 is 0 Å². The first-order valence-corrected chi connectivity index (χ1v) is 6.85. The number of carbonyl (C=O) groups excluding carboxylic acids is 1. The molecule has 0 fully saturated rings. The summed E-state index contributed by atoms with van der Waals surface area (Å²) < 4.78 is 5.49. The zero-order chi connectivity index (χ0) is 14.1. The van der Waals surface area contributed by atoms with Crippen LogP contribution in [0.25, 0.3) is 0 Å². The number of hydrogen-bond acceptors (Lipinski definition) is 3. The number of anilines is 1. The van der Waals surface area contributed by atoms with Gasteiger partial charge in [0.05, 0.1) is 18.8 Å². The maximum absolute atomic E-state index is 11.7. The molecule has 1 aromatic rings. The van der Waals surface area contributed by atoms with Crippen molar-refractivity contribution in [1.29, 1.82) is 0 Å². The number of rotatable bonds is 8. The number of ether oxygens (including phenoxy) is 1. The smallest absolute Gasteiger partial charge is 0.239 e. The van der Waals surface area contributed by atoms with Gasteiger partial charge in [-0.3, -0.25) is 4.79 Å². The number of benzene rings is 1. The largest absolute Gasteiger partial charge is 0.492 e. The van der Waals surface area contributed by atoms with Gasteiger partial charge < -0.3 is 15.4 Å². The molecule has 0 aliphatic rings. The van der Waals surface area contributed by atoms with Gasteiger partial charge in [0.15, 0.2) is 0 Å². The number of carbonyl (C=O) groups is 1. The van der Waals surface area contributed by atoms with Gasteiger partial charge in [-0.1, -0.05) is 26.0 Å². The lowest BCUT2D eigenvalue weighted by Gasteiger charge is -2.12. The highest BCUT2D eigenvalue weighted by molar-refractivity contribution is 5.81. The maximum atomic E-state index is 11.7. The fraction of sp³-hybridized carbons (Fsp3) is 0.533. The minimum atomic E-state index is 0.00644. The van der Waals surface area contributed by atoms with E-state index in [-0.39, 0.29) is 12.5 Å². The van der Waals surface area contributed by atoms with Crippen LogP contribution in [0.1, 0.15) is 27.2 Å². The van der Waals surface area contributed by atoms with Crippen molar-refractivity contribution >= 4 is 11.6 Å². The monoisotopic (exact) mass is 264 g/mol. The molecule has 4 heteroatoms. The zero-order valence-electron chi connectivity index (χ0n) is 12.0. The van der Waals surface area contributed by atoms with Crippen molar-refractivity contribution in [1.82, 2.24) is 5.32 Å². The van der Waals surface area contributed by atoms with Crippen LogP contribution < -0.4 is 15.4 Å². The molecule has 0 aliphatic carbocycles. The molecule has 0 aliphatic heterocycles. The van der Waals surface area contributed by atoms with Crippen LogP contribution in [0.2, 0.25) is 0 Å². The molecule has 0 aromatic heterocycles. The van der Waals surface area contributed by atoms with Gasteiger partial charge in [0, 0.05) is 6.54 Å². The van der Waals surface area contributed by atoms with E-state index in [1.807, 2.05) is 31.2 Å². The lowest BCUT2D eigenvalue weighted by Crippen LogP contribution is -2.31. The van der Waals surface area contributed by atoms with Gasteiger partial charge in [0.2, 0.25) is 5.91 Å². The molecule has 1 amide bonds. The Kier molecular flexibility index (Phi) is 6.79. The summed E-state index contributed by atoms with van der Waals surface area (Å²) in [5, 5.41) is 5.99. The summed E-state index contributed by atoms with van der Waals surface area (Å²) in [5.74, 6) is 1.39. The SMILES string of the molecule is CCOc1ccccc1NCC(=O)NCCC(C)C. The standard InChI is InChI=1S/C15H24N2O2/c1-4-19-14-8-6-5-7-13(14)17-11-15(18)16-10-9-12(2)3/h5-8,12,17H,4,9-11H2,1-3H3,(H,16,18). The molecule has 1 aromatic carbocycles. The topological polar surface area (TPSA) is 50.4 Å². The highest BCUT2D eigenvalue weighted by Gasteiger charge is 2.05. The van der Waals surface area contributed by atoms with Crippen LogP contribution in [0.15, 0.2) is 24.3 Å². The van der Waals surface area contributed by atoms with E-state index in [2.05, 4.69) is 24.5 Å². The summed E-state index contributed by atoms with van der Waals surface area (Å²) in [4.78, 5) is 11.7. The molecule has 2 N–H and O–H groups in total. The van der Waals surface area contributed by atoms with Crippen LogP contribution in [0.5, 0.6) is 5.75 Å². The second kappa shape index (κ2) is 8.40. The molecule has 0 unspecified atom stereocenters. The van der Waals surface area contributed by atoms with Crippen LogP contribution in [-0.4, -0.2) is 25.6 Å². The summed E-state index contributed by atoms with van der Waals surface area (Å²) in [6, 6.07) is 7.63. The fourth-order valence-electron chi connectivity index (χ4n) is 1.63. The molecule has 4 nitrogen and oxygen atoms in total. The zero-order valence-corrected chi connectivity index (χ0v) is 12.0. The molecule has 19 heavy (non-hydrogen) atoms. The first-order valence-electron chi connectivity index (χ1n) is 6.85. The van der Waals surface area contributed by atoms with Crippen LogP contribution in [-0.2, 0) is 4.79 Å². The van der Waals surface area contributed by atoms with E-state index >= 15 is 0 Å². The summed E-state index contributed by atoms with van der Waals surface area (Å²) in [5.41, 5.74) is 0.850. The van der Waals surface area contributed by atoms with E-state index in [1.165, 1.54) is 0 Å². The number of para-hydroxylation sites is 2. The van der Waals surface area contributed by atoms with Gasteiger partial charge in [-0.2, -0.15) is 0 Å². The van der Waals surface area contributed by atoms with Gasteiger partial charge in [0.25, 0.3) is 0 Å². The fourth-order valence-corrected chi connectivity index (χ4v) is 1.63. The van der Waals surface area contributed by atoms with Gasteiger partial charge in [-0.15, -0.1) is 0 Å². The highest BCUT2D eigenvalue weighted by Crippen LogP contribution is 2.23. The molecule has 0 radical (unpaired) electrons. The first-order chi connectivity index (χ1) is 9.13. The Morgan fingerprint density at radius 2 is 2.05 bits per heavy atom. The summed E-state index contributed by atoms with van der Waals surface area (Å²) in [6.45, 7) is 7.83. The van der Waals surface area contributed by atoms with Crippen LogP contribution >= 0.6 is 0 Å². The number of nitrogens with one attached hydrogen (secondary N) is 2. The van der Waals surface area contributed by atoms with Crippen LogP contribution in [0.4, 0.5) is 5.69 Å². The molecular weight excluding hydrogens is 240 g/mol. The second-order valence-corrected chi connectivity index (χ2v) is 4.82. The summed E-state index contributed by atoms with van der Waals surface area (Å²) in [7, 11) is 0. The third kappa shape index (κ3) is 6.13. The second-order valence-electron chi connectivity index (χ2n) is 4.82. The van der Waals surface area contributed by atoms with Crippen molar-refractivity contribution in [2.24, 2.45) is 5.92 Å². The Hall–Kier alpha value is -1.71. The van der Waals surface area contributed by atoms with E-state index in [9.17, 15) is 4.79 Å². The summed E-state index contributed by atoms with van der Waals surface area (Å²) in [6.07, 6.45) is 1.00. The molecule has 0 heterocycles. The van der Waals surface area contributed by atoms with Crippen molar-refractivity contribution in [3.63, 3.8) is 0 Å². The Morgan fingerprint density at radius 1 is 1.32 bits per heavy atom. The minimum absolute atomic E-state index is 0.00644. The molecule has 0 spiro atoms. The minimum Gasteiger partial charge on any atom is -0.492 e. The predicted molar refractivity (Wildman–Crippen MR) is 78.6 cm³/mol. The molecule has 0 saturated heterocycles. The van der Waals surface area contributed by atoms with Gasteiger partial charge >= 0.3 is 0 Å². The summed E-state index contributed by atoms with van der Waals surface area (Å²) >= 11 is 0. The van der Waals surface area contributed by atoms with Gasteiger partial charge in [-0.05, 0) is 31.4 Å². The van der Waals surface area contributed by atoms with Crippen molar-refractivity contribution in [3.05, 3.63) is 24.3 Å². The van der Waals surface area contributed by atoms with Crippen molar-refractivity contribution in [3.8, 4) is 5.75 Å². The van der Waals surface area contributed by atoms with Crippen molar-refractivity contribution < 1.29 is 9.53 Å². The third-order valence-electron chi connectivity index (χ3n) is 2.67. The third-order valence-corrected chi connectivity index (χ3v) is 2.67. The average Bonchev–Trinajstić information content (AvgIpc) is 2.37. The Morgan fingerprint density at radius 3 is 2.74 bits per heavy atom. The van der Waals surface area contributed by atoms with E-state index in [0.717, 1.165) is 24.4 Å². The Labute approximate surface area is 115 Å². The Bertz CT molecular complexity index is 391. The molecular formula is C15H24N2O2. The highest BCUT2D eigenvalue weighted by atomic mass is 16.5. The van der Waals surface area contributed by atoms with Crippen LogP contribution in [0.3, 0.4) is 0 Å². The normalized spacial score (nSPS) is 10.3. The predicted octanol–water partition coefficient (Wildman–Crippen LogP) is 2.66. The lowest BCUT2D eigenvalue weighted by molar-refractivity contribution is -0.119. The maximum Gasteiger partial charge on any atom is 0.239 e. The first kappa shape index (κ1) is 15.3. The quantitative estimate of drug-likeness (QED) is 0.759. The molecule has 0 atom stereocenters. The lowest BCUT2D eigenvalue weighted by atomic mass is 10.1. The average molecular weight is 264 g/mol. The van der Waals surface area contributed by atoms with Crippen molar-refractivity contribution in [2.45, 2.75) is 27.2 Å². The van der Waals surface area contributed by atoms with E-state index in [4.69, 9.17) is 4.74 Å². The molecule has 0 saturated carbocycles. The van der Waals surface area contributed by atoms with E-state index in [1.54, 1.807) is 0 Å². The van der Waals surface area contributed by atoms with Crippen molar-refractivity contribution in [2.75, 3.05) is 25.0 Å².